The molecule has 3 saturated carbocycles. The van der Waals surface area contributed by atoms with Crippen LogP contribution in [0.5, 0.6) is 0 Å². The number of aliphatic hydroxyl groups is 1. The molecule has 5 nitrogen and oxygen atoms in total. The van der Waals surface area contributed by atoms with E-state index in [1.165, 1.54) is 25.7 Å². The average molecular weight is 443 g/mol. The summed E-state index contributed by atoms with van der Waals surface area (Å²) in [6.45, 7) is 10.4. The van der Waals surface area contributed by atoms with Gasteiger partial charge in [0.2, 0.25) is 0 Å². The van der Waals surface area contributed by atoms with E-state index >= 15 is 0 Å². The largest absolute Gasteiger partial charge is 0.411 e. The molecular formula is C27H42N2O3. The Morgan fingerprint density at radius 2 is 1.97 bits per heavy atom. The summed E-state index contributed by atoms with van der Waals surface area (Å²) in [6.07, 6.45) is 11.4. The first-order valence-electron chi connectivity index (χ1n) is 13.2. The van der Waals surface area contributed by atoms with Crippen LogP contribution in [0.4, 0.5) is 0 Å². The number of nitrogens with zero attached hydrogens (tertiary/aromatic N) is 1. The number of piperidine rings is 1. The predicted octanol–water partition coefficient (Wildman–Crippen LogP) is 4.73. The summed E-state index contributed by atoms with van der Waals surface area (Å²) in [7, 11) is 0. The number of fused-ring (bicyclic) bond motifs is 7. The number of hydrogen-bond acceptors (Lipinski definition) is 5. The van der Waals surface area contributed by atoms with Crippen molar-refractivity contribution in [3.05, 3.63) is 11.6 Å². The van der Waals surface area contributed by atoms with E-state index in [-0.39, 0.29) is 17.7 Å². The third-order valence-corrected chi connectivity index (χ3v) is 11.6. The van der Waals surface area contributed by atoms with Gasteiger partial charge in [-0.3, -0.25) is 5.32 Å². The second-order valence-corrected chi connectivity index (χ2v) is 12.8. The van der Waals surface area contributed by atoms with Crippen molar-refractivity contribution >= 4 is 5.71 Å². The summed E-state index contributed by atoms with van der Waals surface area (Å²) in [6, 6.07) is 0. The fourth-order valence-electron chi connectivity index (χ4n) is 9.84. The lowest BCUT2D eigenvalue weighted by molar-refractivity contribution is -0.0992. The molecule has 6 rings (SSSR count). The van der Waals surface area contributed by atoms with Crippen LogP contribution < -0.4 is 5.32 Å². The molecule has 5 heteroatoms. The Labute approximate surface area is 193 Å². The minimum atomic E-state index is -0.362. The van der Waals surface area contributed by atoms with Crippen LogP contribution in [0, 0.1) is 46.3 Å². The second-order valence-electron chi connectivity index (χ2n) is 12.8. The van der Waals surface area contributed by atoms with E-state index in [2.05, 4.69) is 44.2 Å². The molecule has 2 heterocycles. The number of hydrogen-bond donors (Lipinski definition) is 3. The molecule has 11 atom stereocenters. The Hall–Kier alpha value is -0.910. The summed E-state index contributed by atoms with van der Waals surface area (Å²) in [5.41, 5.74) is 2.70. The smallest absolute Gasteiger partial charge is 0.127 e. The zero-order chi connectivity index (χ0) is 22.5. The molecule has 2 saturated heterocycles. The highest BCUT2D eigenvalue weighted by atomic mass is 16.5. The minimum absolute atomic E-state index is 0.130. The van der Waals surface area contributed by atoms with Crippen molar-refractivity contribution in [1.29, 1.82) is 0 Å². The molecule has 0 aromatic rings. The lowest BCUT2D eigenvalue weighted by Gasteiger charge is -2.58. The van der Waals surface area contributed by atoms with Crippen molar-refractivity contribution in [2.45, 2.75) is 97.0 Å². The van der Waals surface area contributed by atoms with Gasteiger partial charge >= 0.3 is 0 Å². The minimum Gasteiger partial charge on any atom is -0.411 e. The van der Waals surface area contributed by atoms with Gasteiger partial charge in [-0.25, -0.2) is 0 Å². The van der Waals surface area contributed by atoms with Gasteiger partial charge in [0, 0.05) is 24.8 Å². The van der Waals surface area contributed by atoms with Gasteiger partial charge in [0.05, 0.1) is 17.9 Å². The highest BCUT2D eigenvalue weighted by Crippen LogP contribution is 2.70. The molecule has 5 fully saturated rings. The highest BCUT2D eigenvalue weighted by Gasteiger charge is 2.68. The fourth-order valence-corrected chi connectivity index (χ4v) is 9.84. The van der Waals surface area contributed by atoms with E-state index in [0.29, 0.717) is 35.2 Å². The lowest BCUT2D eigenvalue weighted by Crippen LogP contribution is -2.59. The van der Waals surface area contributed by atoms with Crippen molar-refractivity contribution in [3.63, 3.8) is 0 Å². The summed E-state index contributed by atoms with van der Waals surface area (Å²) >= 11 is 0. The number of oxime groups is 1. The summed E-state index contributed by atoms with van der Waals surface area (Å²) < 4.78 is 6.94. The molecule has 3 N–H and O–H groups in total. The summed E-state index contributed by atoms with van der Waals surface area (Å²) in [5.74, 6) is 3.49. The van der Waals surface area contributed by atoms with E-state index in [1.54, 1.807) is 5.57 Å². The molecule has 11 unspecified atom stereocenters. The number of ether oxygens (including phenoxy) is 1. The van der Waals surface area contributed by atoms with Crippen molar-refractivity contribution in [2.75, 3.05) is 6.54 Å². The molecule has 178 valence electrons. The number of allylic oxidation sites excluding steroid dienone is 1. The summed E-state index contributed by atoms with van der Waals surface area (Å²) in [4.78, 5) is 0. The van der Waals surface area contributed by atoms with E-state index in [1.807, 2.05) is 0 Å². The maximum atomic E-state index is 10.3. The van der Waals surface area contributed by atoms with Gasteiger partial charge in [0.25, 0.3) is 0 Å². The van der Waals surface area contributed by atoms with Gasteiger partial charge < -0.3 is 15.1 Å². The van der Waals surface area contributed by atoms with E-state index in [4.69, 9.17) is 4.74 Å². The zero-order valence-electron chi connectivity index (χ0n) is 20.3. The lowest BCUT2D eigenvalue weighted by atomic mass is 9.47. The second kappa shape index (κ2) is 7.05. The molecule has 2 aliphatic heterocycles. The molecule has 4 aliphatic carbocycles. The number of aliphatic hydroxyl groups excluding tert-OH is 1. The van der Waals surface area contributed by atoms with Gasteiger partial charge in [-0.2, -0.15) is 0 Å². The molecule has 1 spiro atoms. The van der Waals surface area contributed by atoms with Crippen LogP contribution in [0.1, 0.15) is 79.1 Å². The van der Waals surface area contributed by atoms with Crippen LogP contribution in [-0.4, -0.2) is 40.5 Å². The highest BCUT2D eigenvalue weighted by molar-refractivity contribution is 5.88. The van der Waals surface area contributed by atoms with Crippen LogP contribution >= 0.6 is 0 Å². The van der Waals surface area contributed by atoms with Crippen molar-refractivity contribution in [2.24, 2.45) is 51.5 Å². The van der Waals surface area contributed by atoms with Crippen LogP contribution in [-0.2, 0) is 4.74 Å². The standard InChI is InChI=1S/C27H42N2O3/c1-15-14-28-27(13-22(15)29-31)16(2)24-23(32-27)12-21-19-6-5-17-11-18(30)7-9-25(17,3)20(19)8-10-26(21,24)4/h5,15-16,18-21,23-24,28,30-31H,6-14H2,1-4H3/b29-22-. The van der Waals surface area contributed by atoms with Crippen LogP contribution in [0.2, 0.25) is 0 Å². The van der Waals surface area contributed by atoms with E-state index in [0.717, 1.165) is 49.3 Å². The quantitative estimate of drug-likeness (QED) is 0.288. The normalized spacial score (nSPS) is 58.2. The number of rotatable bonds is 0. The van der Waals surface area contributed by atoms with Crippen molar-refractivity contribution < 1.29 is 15.1 Å². The average Bonchev–Trinajstić information content (AvgIpc) is 3.21. The predicted molar refractivity (Wildman–Crippen MR) is 124 cm³/mol. The van der Waals surface area contributed by atoms with Gasteiger partial charge in [0.1, 0.15) is 5.72 Å². The van der Waals surface area contributed by atoms with Crippen LogP contribution in [0.25, 0.3) is 0 Å². The molecule has 0 aromatic heterocycles. The van der Waals surface area contributed by atoms with E-state index in [9.17, 15) is 10.3 Å². The molecule has 0 aromatic carbocycles. The van der Waals surface area contributed by atoms with Gasteiger partial charge in [0.15, 0.2) is 0 Å². The third kappa shape index (κ3) is 2.71. The Bertz CT molecular complexity index is 856. The fraction of sp³-hybridized carbons (Fsp3) is 0.889. The van der Waals surface area contributed by atoms with Crippen LogP contribution in [0.15, 0.2) is 16.8 Å². The maximum Gasteiger partial charge on any atom is 0.127 e. The summed E-state index contributed by atoms with van der Waals surface area (Å²) in [5, 5.41) is 27.3. The first-order chi connectivity index (χ1) is 15.2. The Kier molecular flexibility index (Phi) is 4.76. The third-order valence-electron chi connectivity index (χ3n) is 11.6. The molecule has 6 aliphatic rings. The Morgan fingerprint density at radius 1 is 1.16 bits per heavy atom. The van der Waals surface area contributed by atoms with Crippen molar-refractivity contribution in [3.8, 4) is 0 Å². The molecular weight excluding hydrogens is 400 g/mol. The molecule has 0 radical (unpaired) electrons. The van der Waals surface area contributed by atoms with Crippen molar-refractivity contribution in [1.82, 2.24) is 5.32 Å². The topological polar surface area (TPSA) is 74.1 Å². The Morgan fingerprint density at radius 3 is 2.75 bits per heavy atom. The molecule has 0 amide bonds. The number of nitrogens with one attached hydrogen (secondary N) is 1. The van der Waals surface area contributed by atoms with Crippen LogP contribution in [0.3, 0.4) is 0 Å². The van der Waals surface area contributed by atoms with E-state index < -0.39 is 0 Å². The monoisotopic (exact) mass is 442 g/mol. The maximum absolute atomic E-state index is 10.3. The zero-order valence-corrected chi connectivity index (χ0v) is 20.3. The first kappa shape index (κ1) is 21.6. The first-order valence-corrected chi connectivity index (χ1v) is 13.2. The van der Waals surface area contributed by atoms with Gasteiger partial charge in [-0.1, -0.05) is 44.5 Å². The van der Waals surface area contributed by atoms with Gasteiger partial charge in [-0.05, 0) is 79.4 Å². The Balaban J connectivity index is 1.28. The molecule has 32 heavy (non-hydrogen) atoms. The molecule has 0 bridgehead atoms. The SMILES string of the molecule is CC1CNC2(C/C1=N/O)OC1CC3C4CC=C5CC(O)CCC5(C)C4CCC3(C)C1C2C. The van der Waals surface area contributed by atoms with Gasteiger partial charge in [-0.15, -0.1) is 0 Å².